The van der Waals surface area contributed by atoms with Crippen molar-refractivity contribution in [3.8, 4) is 0 Å². The molecule has 1 aliphatic carbocycles. The van der Waals surface area contributed by atoms with E-state index in [1.807, 2.05) is 6.07 Å². The lowest BCUT2D eigenvalue weighted by Gasteiger charge is -2.08. The monoisotopic (exact) mass is 248 g/mol. The zero-order valence-electron chi connectivity index (χ0n) is 10.5. The summed E-state index contributed by atoms with van der Waals surface area (Å²) in [5.41, 5.74) is 1.64. The summed E-state index contributed by atoms with van der Waals surface area (Å²) >= 11 is 0. The number of hydrogen-bond donors (Lipinski definition) is 3. The summed E-state index contributed by atoms with van der Waals surface area (Å²) < 4.78 is 0. The van der Waals surface area contributed by atoms with E-state index in [9.17, 15) is 4.79 Å². The lowest BCUT2D eigenvalue weighted by atomic mass is 10.1. The Labute approximate surface area is 107 Å². The summed E-state index contributed by atoms with van der Waals surface area (Å²) in [6.45, 7) is 2.95. The highest BCUT2D eigenvalue weighted by Gasteiger charge is 2.26. The van der Waals surface area contributed by atoms with Crippen LogP contribution in [0.4, 0.5) is 0 Å². The topological polar surface area (TPSA) is 69.8 Å². The van der Waals surface area contributed by atoms with E-state index in [0.717, 1.165) is 31.7 Å². The van der Waals surface area contributed by atoms with Gasteiger partial charge in [0.1, 0.15) is 5.69 Å². The summed E-state index contributed by atoms with van der Waals surface area (Å²) in [6.07, 6.45) is 4.72. The highest BCUT2D eigenvalue weighted by atomic mass is 16.1. The van der Waals surface area contributed by atoms with Gasteiger partial charge in [-0.05, 0) is 50.8 Å². The van der Waals surface area contributed by atoms with E-state index in [0.29, 0.717) is 17.5 Å². The van der Waals surface area contributed by atoms with Crippen LogP contribution in [0.25, 0.3) is 0 Å². The van der Waals surface area contributed by atoms with Crippen LogP contribution in [0.2, 0.25) is 0 Å². The Balaban J connectivity index is 1.44. The Hall–Kier alpha value is -1.36. The molecule has 1 aromatic rings. The van der Waals surface area contributed by atoms with E-state index in [1.165, 1.54) is 19.3 Å². The van der Waals surface area contributed by atoms with Crippen molar-refractivity contribution in [1.82, 2.24) is 20.8 Å². The van der Waals surface area contributed by atoms with Gasteiger partial charge in [0, 0.05) is 18.2 Å². The molecular weight excluding hydrogens is 228 g/mol. The van der Waals surface area contributed by atoms with Gasteiger partial charge < -0.3 is 10.6 Å². The molecule has 1 saturated heterocycles. The summed E-state index contributed by atoms with van der Waals surface area (Å²) in [5, 5.41) is 13.3. The van der Waals surface area contributed by atoms with E-state index < -0.39 is 0 Å². The Morgan fingerprint density at radius 1 is 1.44 bits per heavy atom. The number of aromatic amines is 1. The Morgan fingerprint density at radius 2 is 2.33 bits per heavy atom. The molecule has 1 saturated carbocycles. The van der Waals surface area contributed by atoms with Gasteiger partial charge in [-0.15, -0.1) is 0 Å². The van der Waals surface area contributed by atoms with Crippen LogP contribution >= 0.6 is 0 Å². The summed E-state index contributed by atoms with van der Waals surface area (Å²) in [5.74, 6) is 1.28. The van der Waals surface area contributed by atoms with Gasteiger partial charge in [0.05, 0.1) is 0 Å². The van der Waals surface area contributed by atoms with Crippen LogP contribution < -0.4 is 10.6 Å². The lowest BCUT2D eigenvalue weighted by Crippen LogP contribution is -2.26. The number of carbonyl (C=O) groups excluding carboxylic acids is 1. The van der Waals surface area contributed by atoms with Crippen LogP contribution in [0, 0.1) is 5.92 Å². The number of nitrogens with zero attached hydrogens (tertiary/aromatic N) is 1. The molecule has 1 atom stereocenters. The van der Waals surface area contributed by atoms with Gasteiger partial charge in [-0.3, -0.25) is 9.89 Å². The molecule has 1 amide bonds. The van der Waals surface area contributed by atoms with Crippen molar-refractivity contribution in [2.24, 2.45) is 5.92 Å². The molecule has 2 fully saturated rings. The van der Waals surface area contributed by atoms with E-state index in [1.54, 1.807) is 0 Å². The third kappa shape index (κ3) is 2.72. The lowest BCUT2D eigenvalue weighted by molar-refractivity contribution is 0.0946. The van der Waals surface area contributed by atoms with Crippen molar-refractivity contribution >= 4 is 5.91 Å². The zero-order chi connectivity index (χ0) is 12.4. The molecule has 18 heavy (non-hydrogen) atoms. The summed E-state index contributed by atoms with van der Waals surface area (Å²) in [4.78, 5) is 11.9. The average molecular weight is 248 g/mol. The van der Waals surface area contributed by atoms with Crippen LogP contribution in [-0.4, -0.2) is 35.7 Å². The molecule has 0 radical (unpaired) electrons. The third-order valence-electron chi connectivity index (χ3n) is 3.85. The standard InChI is InChI=1S/C13H20N4O/c18-13(15-6-4-9-3-5-14-8-9)12-7-11(16-17-12)10-1-2-10/h7,9-10,14H,1-6,8H2,(H,15,18)(H,16,17). The summed E-state index contributed by atoms with van der Waals surface area (Å²) in [7, 11) is 0. The van der Waals surface area contributed by atoms with E-state index in [2.05, 4.69) is 20.8 Å². The van der Waals surface area contributed by atoms with E-state index in [-0.39, 0.29) is 5.91 Å². The molecule has 2 aliphatic rings. The van der Waals surface area contributed by atoms with Crippen LogP contribution in [0.15, 0.2) is 6.07 Å². The van der Waals surface area contributed by atoms with Crippen LogP contribution in [0.3, 0.4) is 0 Å². The molecule has 1 unspecified atom stereocenters. The van der Waals surface area contributed by atoms with Crippen LogP contribution in [0.1, 0.15) is 47.8 Å². The van der Waals surface area contributed by atoms with Gasteiger partial charge in [0.2, 0.25) is 0 Å². The SMILES string of the molecule is O=C(NCCC1CCNC1)c1cc(C2CC2)[nH]n1. The Morgan fingerprint density at radius 3 is 3.06 bits per heavy atom. The Bertz CT molecular complexity index is 418. The first-order valence-corrected chi connectivity index (χ1v) is 6.87. The minimum absolute atomic E-state index is 0.0518. The number of H-pyrrole nitrogens is 1. The minimum atomic E-state index is -0.0518. The molecule has 5 heteroatoms. The largest absolute Gasteiger partial charge is 0.351 e. The van der Waals surface area contributed by atoms with Gasteiger partial charge in [-0.1, -0.05) is 0 Å². The second kappa shape index (κ2) is 5.10. The molecule has 0 spiro atoms. The predicted molar refractivity (Wildman–Crippen MR) is 68.5 cm³/mol. The second-order valence-corrected chi connectivity index (χ2v) is 5.39. The van der Waals surface area contributed by atoms with Crippen LogP contribution in [0.5, 0.6) is 0 Å². The number of aromatic nitrogens is 2. The van der Waals surface area contributed by atoms with Gasteiger partial charge in [0.25, 0.3) is 5.91 Å². The van der Waals surface area contributed by atoms with Crippen LogP contribution in [-0.2, 0) is 0 Å². The highest BCUT2D eigenvalue weighted by Crippen LogP contribution is 2.38. The van der Waals surface area contributed by atoms with Gasteiger partial charge >= 0.3 is 0 Å². The molecule has 1 aliphatic heterocycles. The molecule has 0 bridgehead atoms. The van der Waals surface area contributed by atoms with Crippen molar-refractivity contribution in [1.29, 1.82) is 0 Å². The molecule has 0 aromatic carbocycles. The first-order chi connectivity index (χ1) is 8.83. The Kier molecular flexibility index (Phi) is 3.32. The molecule has 2 heterocycles. The van der Waals surface area contributed by atoms with Gasteiger partial charge in [-0.2, -0.15) is 5.10 Å². The molecular formula is C13H20N4O. The smallest absolute Gasteiger partial charge is 0.271 e. The van der Waals surface area contributed by atoms with Crippen molar-refractivity contribution < 1.29 is 4.79 Å². The predicted octanol–water partition coefficient (Wildman–Crippen LogP) is 1.02. The van der Waals surface area contributed by atoms with E-state index in [4.69, 9.17) is 0 Å². The van der Waals surface area contributed by atoms with Gasteiger partial charge in [0.15, 0.2) is 0 Å². The number of rotatable bonds is 5. The van der Waals surface area contributed by atoms with Crippen molar-refractivity contribution in [3.63, 3.8) is 0 Å². The molecule has 3 rings (SSSR count). The molecule has 3 N–H and O–H groups in total. The normalized spacial score (nSPS) is 23.2. The number of amides is 1. The van der Waals surface area contributed by atoms with Crippen molar-refractivity contribution in [2.45, 2.75) is 31.6 Å². The highest BCUT2D eigenvalue weighted by molar-refractivity contribution is 5.92. The maximum atomic E-state index is 11.9. The minimum Gasteiger partial charge on any atom is -0.351 e. The summed E-state index contributed by atoms with van der Waals surface area (Å²) in [6, 6.07) is 1.89. The first kappa shape index (κ1) is 11.7. The number of nitrogens with one attached hydrogen (secondary N) is 3. The fraction of sp³-hybridized carbons (Fsp3) is 0.692. The molecule has 5 nitrogen and oxygen atoms in total. The maximum absolute atomic E-state index is 11.9. The fourth-order valence-corrected chi connectivity index (χ4v) is 2.50. The maximum Gasteiger partial charge on any atom is 0.271 e. The zero-order valence-corrected chi connectivity index (χ0v) is 10.5. The van der Waals surface area contributed by atoms with Crippen molar-refractivity contribution in [3.05, 3.63) is 17.5 Å². The quantitative estimate of drug-likeness (QED) is 0.728. The fourth-order valence-electron chi connectivity index (χ4n) is 2.50. The third-order valence-corrected chi connectivity index (χ3v) is 3.85. The van der Waals surface area contributed by atoms with Crippen molar-refractivity contribution in [2.75, 3.05) is 19.6 Å². The molecule has 1 aromatic heterocycles. The number of carbonyl (C=O) groups is 1. The average Bonchev–Trinajstić information content (AvgIpc) is 2.92. The molecule has 98 valence electrons. The van der Waals surface area contributed by atoms with Gasteiger partial charge in [-0.25, -0.2) is 0 Å². The number of hydrogen-bond acceptors (Lipinski definition) is 3. The first-order valence-electron chi connectivity index (χ1n) is 6.87. The second-order valence-electron chi connectivity index (χ2n) is 5.39. The van der Waals surface area contributed by atoms with E-state index >= 15 is 0 Å².